The average molecular weight is 542 g/mol. The van der Waals surface area contributed by atoms with Crippen molar-refractivity contribution < 1.29 is 65.0 Å². The fraction of sp³-hybridized carbons (Fsp3) is 0.500. The third-order valence-corrected chi connectivity index (χ3v) is 7.56. The SMILES string of the molecule is CC#CC1(F)C(O)[C@@H](COP(=O)(O)OP(=O)(O)OP(=O)(O)O)O[C@H]1n1cc(F)c(=O)[nH]c1=O. The molecule has 1 aliphatic rings. The molecule has 1 fully saturated rings. The Kier molecular flexibility index (Phi) is 8.04. The molecule has 0 bridgehead atoms. The first-order valence-corrected chi connectivity index (χ1v) is 12.7. The number of nitrogens with one attached hydrogen (secondary N) is 1. The molecule has 4 unspecified atom stereocenters. The van der Waals surface area contributed by atoms with Gasteiger partial charge in [0.05, 0.1) is 12.8 Å². The van der Waals surface area contributed by atoms with Crippen LogP contribution < -0.4 is 11.2 Å². The second-order valence-corrected chi connectivity index (χ2v) is 10.6. The molecule has 1 aromatic rings. The zero-order valence-electron chi connectivity index (χ0n) is 16.0. The van der Waals surface area contributed by atoms with E-state index in [1.165, 1.54) is 4.98 Å². The summed E-state index contributed by atoms with van der Waals surface area (Å²) in [5.41, 5.74) is -5.97. The molecule has 0 saturated carbocycles. The van der Waals surface area contributed by atoms with Crippen LogP contribution in [0.25, 0.3) is 0 Å². The normalized spacial score (nSPS) is 29.0. The van der Waals surface area contributed by atoms with Crippen molar-refractivity contribution in [3.05, 3.63) is 32.9 Å². The molecule has 0 amide bonds. The van der Waals surface area contributed by atoms with E-state index in [9.17, 15) is 37.7 Å². The van der Waals surface area contributed by atoms with Gasteiger partial charge in [-0.1, -0.05) is 5.92 Å². The van der Waals surface area contributed by atoms with Crippen LogP contribution in [-0.4, -0.2) is 58.7 Å². The molecule has 2 heterocycles. The van der Waals surface area contributed by atoms with E-state index in [0.717, 1.165) is 6.92 Å². The molecule has 16 nitrogen and oxygen atoms in total. The minimum absolute atomic E-state index is 0.203. The number of aliphatic hydroxyl groups is 1. The highest BCUT2D eigenvalue weighted by molar-refractivity contribution is 7.66. The quantitative estimate of drug-likeness (QED) is 0.171. The number of halogens is 2. The van der Waals surface area contributed by atoms with E-state index in [1.807, 2.05) is 5.92 Å². The molecule has 0 aliphatic carbocycles. The van der Waals surface area contributed by atoms with E-state index in [1.54, 1.807) is 0 Å². The van der Waals surface area contributed by atoms with E-state index < -0.39 is 71.2 Å². The van der Waals surface area contributed by atoms with Gasteiger partial charge in [0.2, 0.25) is 11.5 Å². The van der Waals surface area contributed by atoms with Gasteiger partial charge < -0.3 is 29.4 Å². The maximum Gasteiger partial charge on any atom is 0.490 e. The summed E-state index contributed by atoms with van der Waals surface area (Å²) in [5.74, 6) is 2.46. The highest BCUT2D eigenvalue weighted by Gasteiger charge is 2.58. The lowest BCUT2D eigenvalue weighted by Crippen LogP contribution is -2.45. The summed E-state index contributed by atoms with van der Waals surface area (Å²) in [5, 5.41) is 10.3. The van der Waals surface area contributed by atoms with Crippen molar-refractivity contribution in [3.63, 3.8) is 0 Å². The standard InChI is InChI=1S/C12H15F2N2O14P3/c1-2-3-12(14)8(17)7(28-10(12)16-4-6(13)9(18)15-11(16)19)5-27-32(23,24)30-33(25,26)29-31(20,21)22/h4,7-8,10,17H,5H2,1H3,(H,23,24)(H,25,26)(H,15,18,19)(H2,20,21,22)/t7-,8?,10-,12?/m1/s1. The number of aliphatic hydroxyl groups excluding tert-OH is 1. The van der Waals surface area contributed by atoms with Gasteiger partial charge >= 0.3 is 29.2 Å². The van der Waals surface area contributed by atoms with Crippen LogP contribution in [0.15, 0.2) is 15.8 Å². The van der Waals surface area contributed by atoms with Gasteiger partial charge in [-0.3, -0.25) is 18.9 Å². The lowest BCUT2D eigenvalue weighted by molar-refractivity contribution is -0.0539. The highest BCUT2D eigenvalue weighted by atomic mass is 31.3. The molecule has 1 aromatic heterocycles. The summed E-state index contributed by atoms with van der Waals surface area (Å²) < 4.78 is 79.3. The summed E-state index contributed by atoms with van der Waals surface area (Å²) in [4.78, 5) is 60.2. The molecular weight excluding hydrogens is 527 g/mol. The van der Waals surface area contributed by atoms with Crippen LogP contribution in [0.1, 0.15) is 13.2 Å². The number of alkyl halides is 1. The second kappa shape index (κ2) is 9.59. The van der Waals surface area contributed by atoms with Gasteiger partial charge in [0.25, 0.3) is 5.56 Å². The molecule has 6 atom stereocenters. The Bertz CT molecular complexity index is 1230. The van der Waals surface area contributed by atoms with E-state index in [4.69, 9.17) is 19.4 Å². The number of hydrogen-bond acceptors (Lipinski definition) is 10. The smallest absolute Gasteiger partial charge is 0.386 e. The van der Waals surface area contributed by atoms with E-state index in [-0.39, 0.29) is 10.8 Å². The van der Waals surface area contributed by atoms with Gasteiger partial charge in [0.1, 0.15) is 12.2 Å². The van der Waals surface area contributed by atoms with Gasteiger partial charge in [0, 0.05) is 0 Å². The predicted molar refractivity (Wildman–Crippen MR) is 98.3 cm³/mol. The van der Waals surface area contributed by atoms with Crippen LogP contribution in [0.2, 0.25) is 0 Å². The summed E-state index contributed by atoms with van der Waals surface area (Å²) in [6.45, 7) is -0.167. The third kappa shape index (κ3) is 6.74. The Morgan fingerprint density at radius 1 is 1.21 bits per heavy atom. The first-order valence-electron chi connectivity index (χ1n) is 8.16. The Balaban J connectivity index is 2.28. The number of phosphoric acid groups is 3. The average Bonchev–Trinajstić information content (AvgIpc) is 2.85. The van der Waals surface area contributed by atoms with Gasteiger partial charge in [-0.05, 0) is 6.92 Å². The predicted octanol–water partition coefficient (Wildman–Crippen LogP) is -0.991. The molecule has 6 N–H and O–H groups in total. The zero-order chi connectivity index (χ0) is 25.4. The number of H-pyrrole nitrogens is 1. The first kappa shape index (κ1) is 27.7. The molecule has 1 aliphatic heterocycles. The van der Waals surface area contributed by atoms with Gasteiger partial charge in [-0.15, -0.1) is 5.92 Å². The largest absolute Gasteiger partial charge is 0.490 e. The number of nitrogens with zero attached hydrogens (tertiary/aromatic N) is 1. The maximum absolute atomic E-state index is 15.5. The highest BCUT2D eigenvalue weighted by Crippen LogP contribution is 2.66. The Morgan fingerprint density at radius 3 is 2.36 bits per heavy atom. The van der Waals surface area contributed by atoms with Crippen LogP contribution in [-0.2, 0) is 31.6 Å². The van der Waals surface area contributed by atoms with E-state index in [0.29, 0.717) is 0 Å². The summed E-state index contributed by atoms with van der Waals surface area (Å²) >= 11 is 0. The van der Waals surface area contributed by atoms with Crippen molar-refractivity contribution in [3.8, 4) is 11.8 Å². The number of rotatable bonds is 8. The van der Waals surface area contributed by atoms with Crippen LogP contribution in [0, 0.1) is 17.7 Å². The van der Waals surface area contributed by atoms with E-state index in [2.05, 4.69) is 19.1 Å². The van der Waals surface area contributed by atoms with Crippen LogP contribution >= 0.6 is 23.5 Å². The topological polar surface area (TPSA) is 244 Å². The van der Waals surface area contributed by atoms with Gasteiger partial charge in [-0.25, -0.2) is 22.9 Å². The number of hydrogen-bond donors (Lipinski definition) is 6. The van der Waals surface area contributed by atoms with Gasteiger partial charge in [-0.2, -0.15) is 13.0 Å². The van der Waals surface area contributed by atoms with Crippen molar-refractivity contribution in [1.82, 2.24) is 9.55 Å². The van der Waals surface area contributed by atoms with Crippen LogP contribution in [0.3, 0.4) is 0 Å². The summed E-state index contributed by atoms with van der Waals surface area (Å²) in [6.07, 6.45) is -6.25. The zero-order valence-corrected chi connectivity index (χ0v) is 18.7. The van der Waals surface area contributed by atoms with Crippen molar-refractivity contribution in [2.24, 2.45) is 0 Å². The number of ether oxygens (including phenoxy) is 1. The minimum atomic E-state index is -5.85. The van der Waals surface area contributed by atoms with Crippen LogP contribution in [0.5, 0.6) is 0 Å². The molecule has 0 aromatic carbocycles. The third-order valence-electron chi connectivity index (χ3n) is 3.76. The van der Waals surface area contributed by atoms with Crippen molar-refractivity contribution in [2.75, 3.05) is 6.61 Å². The fourth-order valence-corrected chi connectivity index (χ4v) is 5.62. The Labute approximate surface area is 181 Å². The van der Waals surface area contributed by atoms with Crippen molar-refractivity contribution >= 4 is 23.5 Å². The fourth-order valence-electron chi connectivity index (χ4n) is 2.59. The molecular formula is C12H15F2N2O14P3. The monoisotopic (exact) mass is 542 g/mol. The first-order chi connectivity index (χ1) is 14.9. The van der Waals surface area contributed by atoms with Crippen LogP contribution in [0.4, 0.5) is 8.78 Å². The molecule has 0 radical (unpaired) electrons. The second-order valence-electron chi connectivity index (χ2n) is 6.15. The summed E-state index contributed by atoms with van der Waals surface area (Å²) in [6, 6.07) is 0. The minimum Gasteiger partial charge on any atom is -0.386 e. The molecule has 1 saturated heterocycles. The lowest BCUT2D eigenvalue weighted by atomic mass is 9.96. The van der Waals surface area contributed by atoms with Crippen molar-refractivity contribution in [2.45, 2.75) is 31.0 Å². The molecule has 186 valence electrons. The summed E-state index contributed by atoms with van der Waals surface area (Å²) in [7, 11) is -17.2. The number of aromatic amines is 1. The molecule has 2 rings (SSSR count). The van der Waals surface area contributed by atoms with Crippen molar-refractivity contribution in [1.29, 1.82) is 0 Å². The maximum atomic E-state index is 15.5. The molecule has 21 heteroatoms. The molecule has 0 spiro atoms. The Hall–Kier alpha value is -1.57. The Morgan fingerprint density at radius 2 is 1.82 bits per heavy atom. The van der Waals surface area contributed by atoms with E-state index >= 15 is 4.39 Å². The number of aromatic nitrogens is 2. The lowest BCUT2D eigenvalue weighted by Gasteiger charge is -2.24. The molecule has 33 heavy (non-hydrogen) atoms. The number of phosphoric ester groups is 1. The van der Waals surface area contributed by atoms with Gasteiger partial charge in [0.15, 0.2) is 6.23 Å².